The van der Waals surface area contributed by atoms with E-state index in [4.69, 9.17) is 20.2 Å². The summed E-state index contributed by atoms with van der Waals surface area (Å²) in [6.07, 6.45) is 0.943. The number of ether oxygens (including phenoxy) is 2. The summed E-state index contributed by atoms with van der Waals surface area (Å²) in [7, 11) is 3.17. The molecule has 2 aliphatic rings. The number of amides is 1. The Hall–Kier alpha value is -3.34. The zero-order valence-electron chi connectivity index (χ0n) is 19.7. The fraction of sp³-hybridized carbons (Fsp3) is 0.375. The largest absolute Gasteiger partial charge is 0.493 e. The van der Waals surface area contributed by atoms with Gasteiger partial charge in [-0.1, -0.05) is 30.3 Å². The first-order chi connectivity index (χ1) is 15.6. The molecule has 190 valence electrons. The number of fused-ring (bicyclic) bond motifs is 1. The normalized spacial score (nSPS) is 18.6. The lowest BCUT2D eigenvalue weighted by Crippen LogP contribution is -2.49. The minimum atomic E-state index is 0. The monoisotopic (exact) mass is 505 g/mol. The molecule has 2 atom stereocenters. The number of hydrogen-bond donors (Lipinski definition) is 1. The number of nitrogens with two attached hydrogens (primary N) is 1. The lowest BCUT2D eigenvalue weighted by molar-refractivity contribution is -0.133. The molecule has 11 heteroatoms. The second-order valence-corrected chi connectivity index (χ2v) is 8.30. The first-order valence-corrected chi connectivity index (χ1v) is 10.9. The molecule has 1 aromatic heterocycles. The SMILES string of the molecule is COc1cc2nc(N3CCN(C(=O)C4CC4c4ccccc4)CC3)nc(N)c2cc1OC.Cl.O.O. The third-order valence-electron chi connectivity index (χ3n) is 6.43. The average Bonchev–Trinajstić information content (AvgIpc) is 3.64. The minimum absolute atomic E-state index is 0. The first-order valence-electron chi connectivity index (χ1n) is 10.9. The van der Waals surface area contributed by atoms with E-state index in [2.05, 4.69) is 22.0 Å². The molecular weight excluding hydrogens is 474 g/mol. The fourth-order valence-corrected chi connectivity index (χ4v) is 4.51. The fourth-order valence-electron chi connectivity index (χ4n) is 4.51. The summed E-state index contributed by atoms with van der Waals surface area (Å²) in [5, 5.41) is 0.723. The van der Waals surface area contributed by atoms with E-state index in [1.165, 1.54) is 5.56 Å². The van der Waals surface area contributed by atoms with Crippen LogP contribution < -0.4 is 20.1 Å². The molecule has 5 rings (SSSR count). The van der Waals surface area contributed by atoms with E-state index in [1.54, 1.807) is 20.3 Å². The average molecular weight is 506 g/mol. The summed E-state index contributed by atoms with van der Waals surface area (Å²) >= 11 is 0. The van der Waals surface area contributed by atoms with Crippen LogP contribution in [0.25, 0.3) is 10.9 Å². The van der Waals surface area contributed by atoms with Crippen molar-refractivity contribution in [1.82, 2.24) is 14.9 Å². The van der Waals surface area contributed by atoms with Crippen LogP contribution in [0.4, 0.5) is 11.8 Å². The van der Waals surface area contributed by atoms with Crippen molar-refractivity contribution in [3.63, 3.8) is 0 Å². The number of hydrogen-bond acceptors (Lipinski definition) is 7. The Labute approximate surface area is 210 Å². The van der Waals surface area contributed by atoms with Crippen molar-refractivity contribution in [3.05, 3.63) is 48.0 Å². The maximum atomic E-state index is 13.0. The number of carbonyl (C=O) groups is 1. The number of halogens is 1. The van der Waals surface area contributed by atoms with Gasteiger partial charge in [-0.2, -0.15) is 4.98 Å². The summed E-state index contributed by atoms with van der Waals surface area (Å²) in [6.45, 7) is 2.66. The van der Waals surface area contributed by atoms with E-state index in [9.17, 15) is 4.79 Å². The molecule has 1 saturated carbocycles. The van der Waals surface area contributed by atoms with E-state index in [-0.39, 0.29) is 35.2 Å². The molecule has 0 spiro atoms. The van der Waals surface area contributed by atoms with Crippen molar-refractivity contribution in [1.29, 1.82) is 0 Å². The maximum Gasteiger partial charge on any atom is 0.228 e. The summed E-state index contributed by atoms with van der Waals surface area (Å²) in [6, 6.07) is 13.9. The molecule has 1 aliphatic heterocycles. The van der Waals surface area contributed by atoms with Crippen LogP contribution in [0, 0.1) is 5.92 Å². The Morgan fingerprint density at radius 2 is 1.60 bits per heavy atom. The topological polar surface area (TPSA) is 157 Å². The zero-order chi connectivity index (χ0) is 22.2. The molecule has 2 heterocycles. The van der Waals surface area contributed by atoms with Gasteiger partial charge in [0, 0.05) is 43.5 Å². The van der Waals surface area contributed by atoms with Crippen molar-refractivity contribution in [2.75, 3.05) is 51.0 Å². The number of benzene rings is 2. The predicted octanol–water partition coefficient (Wildman–Crippen LogP) is 1.45. The molecule has 6 N–H and O–H groups in total. The van der Waals surface area contributed by atoms with E-state index < -0.39 is 0 Å². The van der Waals surface area contributed by atoms with Crippen molar-refractivity contribution < 1.29 is 25.2 Å². The minimum Gasteiger partial charge on any atom is -0.493 e. The molecule has 1 amide bonds. The lowest BCUT2D eigenvalue weighted by Gasteiger charge is -2.35. The van der Waals surface area contributed by atoms with Gasteiger partial charge in [0.2, 0.25) is 11.9 Å². The third-order valence-corrected chi connectivity index (χ3v) is 6.43. The second-order valence-electron chi connectivity index (χ2n) is 8.30. The number of piperazine rings is 1. The molecule has 35 heavy (non-hydrogen) atoms. The highest BCUT2D eigenvalue weighted by Crippen LogP contribution is 2.48. The van der Waals surface area contributed by atoms with E-state index in [1.807, 2.05) is 29.2 Å². The number of anilines is 2. The Bertz CT molecular complexity index is 1160. The van der Waals surface area contributed by atoms with Gasteiger partial charge in [0.25, 0.3) is 0 Å². The van der Waals surface area contributed by atoms with Gasteiger partial charge in [0.15, 0.2) is 11.5 Å². The maximum absolute atomic E-state index is 13.0. The molecular formula is C24H32ClN5O5. The van der Waals surface area contributed by atoms with E-state index in [0.717, 1.165) is 11.8 Å². The van der Waals surface area contributed by atoms with Crippen LogP contribution in [0.5, 0.6) is 11.5 Å². The van der Waals surface area contributed by atoms with Crippen LogP contribution >= 0.6 is 12.4 Å². The van der Waals surface area contributed by atoms with E-state index >= 15 is 0 Å². The molecule has 2 fully saturated rings. The van der Waals surface area contributed by atoms with E-state index in [0.29, 0.717) is 60.9 Å². The number of nitrogen functional groups attached to an aromatic ring is 1. The molecule has 1 saturated heterocycles. The Morgan fingerprint density at radius 3 is 2.23 bits per heavy atom. The molecule has 2 unspecified atom stereocenters. The smallest absolute Gasteiger partial charge is 0.228 e. The van der Waals surface area contributed by atoms with Crippen LogP contribution in [0.1, 0.15) is 17.9 Å². The molecule has 10 nitrogen and oxygen atoms in total. The highest BCUT2D eigenvalue weighted by atomic mass is 35.5. The Kier molecular flexibility index (Phi) is 9.08. The first kappa shape index (κ1) is 27.9. The van der Waals surface area contributed by atoms with Crippen LogP contribution in [-0.4, -0.2) is 72.1 Å². The molecule has 1 aliphatic carbocycles. The summed E-state index contributed by atoms with van der Waals surface area (Å²) in [5.74, 6) is 2.88. The highest BCUT2D eigenvalue weighted by molar-refractivity contribution is 5.92. The molecule has 0 radical (unpaired) electrons. The van der Waals surface area contributed by atoms with Gasteiger partial charge in [-0.25, -0.2) is 4.98 Å². The van der Waals surface area contributed by atoms with Crippen LogP contribution in [0.2, 0.25) is 0 Å². The van der Waals surface area contributed by atoms with Crippen LogP contribution in [-0.2, 0) is 4.79 Å². The summed E-state index contributed by atoms with van der Waals surface area (Å²) < 4.78 is 10.8. The van der Waals surface area contributed by atoms with Crippen LogP contribution in [0.15, 0.2) is 42.5 Å². The number of rotatable bonds is 5. The molecule has 3 aromatic rings. The van der Waals surface area contributed by atoms with Crippen molar-refractivity contribution >= 4 is 41.0 Å². The van der Waals surface area contributed by atoms with Gasteiger partial charge in [-0.3, -0.25) is 4.79 Å². The highest BCUT2D eigenvalue weighted by Gasteiger charge is 2.46. The van der Waals surface area contributed by atoms with Crippen molar-refractivity contribution in [3.8, 4) is 11.5 Å². The molecule has 2 aromatic carbocycles. The van der Waals surface area contributed by atoms with Gasteiger partial charge < -0.3 is 36.0 Å². The van der Waals surface area contributed by atoms with Gasteiger partial charge in [0.05, 0.1) is 19.7 Å². The number of methoxy groups -OCH3 is 2. The zero-order valence-corrected chi connectivity index (χ0v) is 20.5. The quantitative estimate of drug-likeness (QED) is 0.549. The molecule has 0 bridgehead atoms. The van der Waals surface area contributed by atoms with Gasteiger partial charge in [0.1, 0.15) is 5.82 Å². The van der Waals surface area contributed by atoms with Crippen molar-refractivity contribution in [2.45, 2.75) is 12.3 Å². The Morgan fingerprint density at radius 1 is 0.971 bits per heavy atom. The second kappa shape index (κ2) is 11.4. The Balaban J connectivity index is 0.00000144. The third kappa shape index (κ3) is 5.34. The summed E-state index contributed by atoms with van der Waals surface area (Å²) in [5.41, 5.74) is 8.20. The van der Waals surface area contributed by atoms with Gasteiger partial charge in [-0.15, -0.1) is 12.4 Å². The van der Waals surface area contributed by atoms with Crippen LogP contribution in [0.3, 0.4) is 0 Å². The van der Waals surface area contributed by atoms with Gasteiger partial charge in [-0.05, 0) is 24.0 Å². The predicted molar refractivity (Wildman–Crippen MR) is 138 cm³/mol. The van der Waals surface area contributed by atoms with Crippen molar-refractivity contribution in [2.24, 2.45) is 5.92 Å². The van der Waals surface area contributed by atoms with Gasteiger partial charge >= 0.3 is 0 Å². The standard InChI is InChI=1S/C24H27N5O3.ClH.2H2O/c1-31-20-13-18-19(14-21(20)32-2)26-24(27-22(18)25)29-10-8-28(9-11-29)23(30)17-12-16(17)15-6-4-3-5-7-15;;;/h3-7,13-14,16-17H,8-12H2,1-2H3,(H2,25,26,27);1H;2*1H2. The summed E-state index contributed by atoms with van der Waals surface area (Å²) in [4.78, 5) is 26.3. The number of nitrogens with zero attached hydrogens (tertiary/aromatic N) is 4. The number of aromatic nitrogens is 2. The number of carbonyl (C=O) groups excluding carboxylic acids is 1. The lowest BCUT2D eigenvalue weighted by atomic mass is 10.1.